The first kappa shape index (κ1) is 28.6. The zero-order chi connectivity index (χ0) is 29.0. The second kappa shape index (κ2) is 12.2. The van der Waals surface area contributed by atoms with Crippen LogP contribution in [0.25, 0.3) is 5.76 Å². The number of Topliss-reactive ketones (excluding diaryl/α,β-unsaturated/α-hetero) is 1. The third-order valence-corrected chi connectivity index (χ3v) is 7.23. The van der Waals surface area contributed by atoms with Crippen LogP contribution in [0.1, 0.15) is 59.7 Å². The third-order valence-electron chi connectivity index (χ3n) is 6.10. The minimum absolute atomic E-state index is 0.0843. The molecule has 1 saturated heterocycles. The SMILES string of the molecule is CCCOc1ccc(/C(O)=C2\C(=O)C(=O)N(c3nc(C)c(C(=O)OCC)s3)C2c2ccc(O)c(OCC)c2)cc1. The van der Waals surface area contributed by atoms with Gasteiger partial charge in [0, 0.05) is 5.56 Å². The molecular formula is C29H30N2O8S. The number of hydrogen-bond donors (Lipinski definition) is 2. The van der Waals surface area contributed by atoms with Crippen LogP contribution in [0.5, 0.6) is 17.2 Å². The van der Waals surface area contributed by atoms with Crippen LogP contribution in [0, 0.1) is 6.92 Å². The average Bonchev–Trinajstić information content (AvgIpc) is 3.45. The number of phenolic OH excluding ortho intramolecular Hbond substituents is 1. The molecule has 4 rings (SSSR count). The van der Waals surface area contributed by atoms with Crippen molar-refractivity contribution in [1.29, 1.82) is 0 Å². The number of nitrogens with zero attached hydrogens (tertiary/aromatic N) is 2. The molecule has 3 aromatic rings. The van der Waals surface area contributed by atoms with Crippen LogP contribution >= 0.6 is 11.3 Å². The van der Waals surface area contributed by atoms with E-state index in [4.69, 9.17) is 14.2 Å². The van der Waals surface area contributed by atoms with E-state index < -0.39 is 29.5 Å². The molecule has 2 N–H and O–H groups in total. The number of thiazole rings is 1. The number of benzene rings is 2. The molecule has 1 unspecified atom stereocenters. The van der Waals surface area contributed by atoms with Crippen molar-refractivity contribution in [2.45, 2.75) is 40.2 Å². The Morgan fingerprint density at radius 2 is 1.77 bits per heavy atom. The number of aryl methyl sites for hydroxylation is 1. The van der Waals surface area contributed by atoms with Gasteiger partial charge in [-0.15, -0.1) is 0 Å². The number of carbonyl (C=O) groups is 3. The van der Waals surface area contributed by atoms with Crippen molar-refractivity contribution in [2.24, 2.45) is 0 Å². The van der Waals surface area contributed by atoms with Crippen molar-refractivity contribution in [3.05, 3.63) is 69.7 Å². The number of rotatable bonds is 10. The summed E-state index contributed by atoms with van der Waals surface area (Å²) in [4.78, 5) is 45.2. The predicted octanol–water partition coefficient (Wildman–Crippen LogP) is 5.15. The molecule has 10 nitrogen and oxygen atoms in total. The number of esters is 1. The Kier molecular flexibility index (Phi) is 8.73. The molecule has 0 bridgehead atoms. The molecule has 0 radical (unpaired) electrons. The van der Waals surface area contributed by atoms with Gasteiger partial charge in [-0.1, -0.05) is 24.3 Å². The number of aliphatic hydroxyl groups is 1. The van der Waals surface area contributed by atoms with Gasteiger partial charge in [0.15, 0.2) is 16.6 Å². The molecule has 0 saturated carbocycles. The summed E-state index contributed by atoms with van der Waals surface area (Å²) in [5.74, 6) is -2.22. The van der Waals surface area contributed by atoms with Gasteiger partial charge in [0.2, 0.25) is 0 Å². The Morgan fingerprint density at radius 3 is 2.42 bits per heavy atom. The zero-order valence-corrected chi connectivity index (χ0v) is 23.4. The molecule has 40 heavy (non-hydrogen) atoms. The fraction of sp³-hybridized carbons (Fsp3) is 0.310. The van der Waals surface area contributed by atoms with E-state index in [0.717, 1.165) is 22.7 Å². The van der Waals surface area contributed by atoms with Gasteiger partial charge >= 0.3 is 11.9 Å². The van der Waals surface area contributed by atoms with E-state index in [9.17, 15) is 24.6 Å². The van der Waals surface area contributed by atoms with E-state index in [1.54, 1.807) is 45.0 Å². The molecule has 210 valence electrons. The number of ether oxygens (including phenoxy) is 3. The fourth-order valence-electron chi connectivity index (χ4n) is 4.27. The molecule has 2 heterocycles. The number of aromatic hydroxyl groups is 1. The molecule has 11 heteroatoms. The highest BCUT2D eigenvalue weighted by Crippen LogP contribution is 2.45. The number of ketones is 1. The Labute approximate surface area is 235 Å². The normalized spacial score (nSPS) is 16.3. The second-order valence-electron chi connectivity index (χ2n) is 8.83. The molecular weight excluding hydrogens is 536 g/mol. The van der Waals surface area contributed by atoms with Crippen molar-refractivity contribution >= 4 is 39.9 Å². The van der Waals surface area contributed by atoms with E-state index >= 15 is 0 Å². The summed E-state index contributed by atoms with van der Waals surface area (Å²) in [5, 5.41) is 21.7. The van der Waals surface area contributed by atoms with Gasteiger partial charge in [-0.2, -0.15) is 0 Å². The van der Waals surface area contributed by atoms with E-state index in [0.29, 0.717) is 29.2 Å². The van der Waals surface area contributed by atoms with Crippen molar-refractivity contribution in [3.63, 3.8) is 0 Å². The first-order valence-corrected chi connectivity index (χ1v) is 13.7. The molecule has 1 aliphatic rings. The summed E-state index contributed by atoms with van der Waals surface area (Å²) in [6, 6.07) is 9.82. The number of aliphatic hydroxyl groups excluding tert-OH is 1. The van der Waals surface area contributed by atoms with Crippen molar-refractivity contribution in [2.75, 3.05) is 24.7 Å². The zero-order valence-electron chi connectivity index (χ0n) is 22.6. The highest BCUT2D eigenvalue weighted by Gasteiger charge is 2.48. The van der Waals surface area contributed by atoms with Gasteiger partial charge in [-0.25, -0.2) is 9.78 Å². The number of phenols is 1. The number of aromatic nitrogens is 1. The number of anilines is 1. The summed E-state index contributed by atoms with van der Waals surface area (Å²) in [6.45, 7) is 7.97. The van der Waals surface area contributed by atoms with Gasteiger partial charge in [-0.05, 0) is 69.2 Å². The van der Waals surface area contributed by atoms with Gasteiger partial charge in [0.25, 0.3) is 5.78 Å². The molecule has 0 spiro atoms. The third kappa shape index (κ3) is 5.50. The Bertz CT molecular complexity index is 1460. The van der Waals surface area contributed by atoms with Crippen LogP contribution in [0.2, 0.25) is 0 Å². The minimum Gasteiger partial charge on any atom is -0.507 e. The molecule has 0 aliphatic carbocycles. The largest absolute Gasteiger partial charge is 0.507 e. The molecule has 1 atom stereocenters. The second-order valence-corrected chi connectivity index (χ2v) is 9.81. The highest BCUT2D eigenvalue weighted by molar-refractivity contribution is 7.17. The van der Waals surface area contributed by atoms with E-state index in [-0.39, 0.29) is 40.3 Å². The van der Waals surface area contributed by atoms with Gasteiger partial charge in [0.05, 0.1) is 37.1 Å². The lowest BCUT2D eigenvalue weighted by Gasteiger charge is -2.23. The van der Waals surface area contributed by atoms with E-state index in [2.05, 4.69) is 4.98 Å². The number of hydrogen-bond acceptors (Lipinski definition) is 10. The maximum absolute atomic E-state index is 13.5. The topological polar surface area (TPSA) is 135 Å². The lowest BCUT2D eigenvalue weighted by molar-refractivity contribution is -0.132. The lowest BCUT2D eigenvalue weighted by atomic mass is 9.95. The van der Waals surface area contributed by atoms with Crippen molar-refractivity contribution in [3.8, 4) is 17.2 Å². The smallest absolute Gasteiger partial charge is 0.350 e. The first-order valence-electron chi connectivity index (χ1n) is 12.9. The molecule has 1 fully saturated rings. The fourth-order valence-corrected chi connectivity index (χ4v) is 5.26. The van der Waals surface area contributed by atoms with Crippen LogP contribution in [0.15, 0.2) is 48.0 Å². The van der Waals surface area contributed by atoms with Gasteiger partial charge < -0.3 is 24.4 Å². The summed E-state index contributed by atoms with van der Waals surface area (Å²) in [5.41, 5.74) is 0.849. The summed E-state index contributed by atoms with van der Waals surface area (Å²) in [7, 11) is 0. The Balaban J connectivity index is 1.88. The number of amides is 1. The lowest BCUT2D eigenvalue weighted by Crippen LogP contribution is -2.29. The van der Waals surface area contributed by atoms with Crippen LogP contribution in [-0.2, 0) is 14.3 Å². The molecule has 1 aliphatic heterocycles. The standard InChI is InChI=1S/C29H30N2O8S/c1-5-14-39-19-11-8-17(9-12-19)24(33)22-23(18-10-13-20(32)21(15-18)37-6-2)31(27(35)25(22)34)29-30-16(4)26(40-29)28(36)38-7-3/h8-13,15,23,32-33H,5-7,14H2,1-4H3/b24-22+. The van der Waals surface area contributed by atoms with Crippen LogP contribution in [0.3, 0.4) is 0 Å². The van der Waals surface area contributed by atoms with Crippen LogP contribution in [0.4, 0.5) is 5.13 Å². The van der Waals surface area contributed by atoms with Crippen LogP contribution in [-0.4, -0.2) is 52.7 Å². The molecule has 2 aromatic carbocycles. The Morgan fingerprint density at radius 1 is 1.05 bits per heavy atom. The maximum Gasteiger partial charge on any atom is 0.350 e. The summed E-state index contributed by atoms with van der Waals surface area (Å²) >= 11 is 0.912. The number of carbonyl (C=O) groups excluding carboxylic acids is 3. The van der Waals surface area contributed by atoms with Gasteiger partial charge in [0.1, 0.15) is 16.4 Å². The van der Waals surface area contributed by atoms with Crippen molar-refractivity contribution < 1.29 is 38.8 Å². The Hall–Kier alpha value is -4.38. The maximum atomic E-state index is 13.5. The minimum atomic E-state index is -1.13. The quantitative estimate of drug-likeness (QED) is 0.148. The molecule has 1 amide bonds. The summed E-state index contributed by atoms with van der Waals surface area (Å²) in [6.07, 6.45) is 0.829. The average molecular weight is 567 g/mol. The monoisotopic (exact) mass is 566 g/mol. The predicted molar refractivity (Wildman–Crippen MR) is 149 cm³/mol. The highest BCUT2D eigenvalue weighted by atomic mass is 32.1. The van der Waals surface area contributed by atoms with E-state index in [1.165, 1.54) is 18.2 Å². The summed E-state index contributed by atoms with van der Waals surface area (Å²) < 4.78 is 16.2. The molecule has 1 aromatic heterocycles. The van der Waals surface area contributed by atoms with Crippen LogP contribution < -0.4 is 14.4 Å². The van der Waals surface area contributed by atoms with Gasteiger partial charge in [-0.3, -0.25) is 14.5 Å². The first-order chi connectivity index (χ1) is 19.2. The van der Waals surface area contributed by atoms with E-state index in [1.807, 2.05) is 6.92 Å². The van der Waals surface area contributed by atoms with Crippen molar-refractivity contribution in [1.82, 2.24) is 4.98 Å².